The molecule has 0 saturated heterocycles. The minimum Gasteiger partial charge on any atom is -0.481 e. The van der Waals surface area contributed by atoms with Crippen molar-refractivity contribution in [1.29, 1.82) is 5.26 Å². The number of nitrogens with zero attached hydrogens (tertiary/aromatic N) is 2. The summed E-state index contributed by atoms with van der Waals surface area (Å²) in [6.07, 6.45) is 2.33. The fourth-order valence-corrected chi connectivity index (χ4v) is 2.24. The van der Waals surface area contributed by atoms with Gasteiger partial charge in [-0.2, -0.15) is 5.26 Å². The maximum absolute atomic E-state index is 10.8. The smallest absolute Gasteiger partial charge is 0.306 e. The van der Waals surface area contributed by atoms with Gasteiger partial charge < -0.3 is 10.4 Å². The van der Waals surface area contributed by atoms with Crippen LogP contribution in [-0.4, -0.2) is 22.1 Å². The lowest BCUT2D eigenvalue weighted by Crippen LogP contribution is -2.18. The molecule has 0 amide bonds. The minimum absolute atomic E-state index is 0.145. The van der Waals surface area contributed by atoms with E-state index in [9.17, 15) is 10.1 Å². The monoisotopic (exact) mass is 289 g/mol. The van der Waals surface area contributed by atoms with Gasteiger partial charge in [-0.15, -0.1) is 0 Å². The summed E-state index contributed by atoms with van der Waals surface area (Å²) in [5, 5.41) is 21.3. The molecule has 0 aliphatic carbocycles. The van der Waals surface area contributed by atoms with Crippen molar-refractivity contribution < 1.29 is 9.90 Å². The maximum Gasteiger partial charge on any atom is 0.306 e. The number of carboxylic acid groups (broad SMARTS) is 1. The highest BCUT2D eigenvalue weighted by Crippen LogP contribution is 2.19. The number of nitriles is 1. The molecule has 5 heteroatoms. The van der Waals surface area contributed by atoms with E-state index in [1.807, 2.05) is 26.8 Å². The normalized spacial score (nSPS) is 13.3. The van der Waals surface area contributed by atoms with Crippen molar-refractivity contribution in [2.45, 2.75) is 53.0 Å². The molecule has 0 bridgehead atoms. The van der Waals surface area contributed by atoms with Gasteiger partial charge in [0.15, 0.2) is 0 Å². The molecule has 0 radical (unpaired) electrons. The molecular weight excluding hydrogens is 266 g/mol. The molecule has 0 spiro atoms. The van der Waals surface area contributed by atoms with Crippen LogP contribution in [0, 0.1) is 31.1 Å². The SMILES string of the molecule is Cc1cc(C)c(C#N)c(NC(C)CCCC(C)C(=O)O)n1. The largest absolute Gasteiger partial charge is 0.481 e. The van der Waals surface area contributed by atoms with E-state index in [0.29, 0.717) is 17.8 Å². The standard InChI is InChI=1S/C16H23N3O2/c1-10(16(20)21)6-5-7-12(3)18-15-14(9-17)11(2)8-13(4)19-15/h8,10,12H,5-7H2,1-4H3,(H,18,19)(H,20,21). The average molecular weight is 289 g/mol. The Bertz CT molecular complexity index is 549. The molecule has 1 aromatic rings. The van der Waals surface area contributed by atoms with E-state index < -0.39 is 5.97 Å². The molecule has 1 rings (SSSR count). The van der Waals surface area contributed by atoms with Gasteiger partial charge in [0.2, 0.25) is 0 Å². The second-order valence-electron chi connectivity index (χ2n) is 5.63. The lowest BCUT2D eigenvalue weighted by Gasteiger charge is -2.17. The van der Waals surface area contributed by atoms with Crippen LogP contribution in [0.5, 0.6) is 0 Å². The molecule has 0 aliphatic heterocycles. The highest BCUT2D eigenvalue weighted by Gasteiger charge is 2.13. The molecule has 1 heterocycles. The van der Waals surface area contributed by atoms with Gasteiger partial charge in [0.25, 0.3) is 0 Å². The molecule has 1 aromatic heterocycles. The number of nitrogens with one attached hydrogen (secondary N) is 1. The van der Waals surface area contributed by atoms with Crippen LogP contribution in [0.1, 0.15) is 49.9 Å². The zero-order valence-corrected chi connectivity index (χ0v) is 13.1. The van der Waals surface area contributed by atoms with Gasteiger partial charge in [0.05, 0.1) is 11.5 Å². The Balaban J connectivity index is 2.61. The third kappa shape index (κ3) is 5.07. The summed E-state index contributed by atoms with van der Waals surface area (Å²) >= 11 is 0. The number of pyridine rings is 1. The predicted octanol–water partition coefficient (Wildman–Crippen LogP) is 3.26. The number of hydrogen-bond donors (Lipinski definition) is 2. The number of carboxylic acids is 1. The summed E-state index contributed by atoms with van der Waals surface area (Å²) in [6, 6.07) is 4.22. The number of anilines is 1. The second kappa shape index (κ2) is 7.63. The lowest BCUT2D eigenvalue weighted by molar-refractivity contribution is -0.141. The first kappa shape index (κ1) is 17.0. The Hall–Kier alpha value is -2.09. The highest BCUT2D eigenvalue weighted by atomic mass is 16.4. The second-order valence-corrected chi connectivity index (χ2v) is 5.63. The van der Waals surface area contributed by atoms with Crippen molar-refractivity contribution in [2.75, 3.05) is 5.32 Å². The fourth-order valence-electron chi connectivity index (χ4n) is 2.24. The van der Waals surface area contributed by atoms with E-state index in [2.05, 4.69) is 16.4 Å². The minimum atomic E-state index is -0.752. The molecule has 0 aromatic carbocycles. The Morgan fingerprint density at radius 1 is 1.43 bits per heavy atom. The van der Waals surface area contributed by atoms with Crippen LogP contribution in [0.25, 0.3) is 0 Å². The number of hydrogen-bond acceptors (Lipinski definition) is 4. The summed E-state index contributed by atoms with van der Waals surface area (Å²) in [6.45, 7) is 7.54. The molecule has 0 fully saturated rings. The van der Waals surface area contributed by atoms with Gasteiger partial charge in [-0.25, -0.2) is 4.98 Å². The molecular formula is C16H23N3O2. The van der Waals surface area contributed by atoms with Gasteiger partial charge in [-0.05, 0) is 45.2 Å². The van der Waals surface area contributed by atoms with Gasteiger partial charge in [-0.1, -0.05) is 13.3 Å². The maximum atomic E-state index is 10.8. The third-order valence-corrected chi connectivity index (χ3v) is 3.54. The van der Waals surface area contributed by atoms with Crippen LogP contribution in [0.3, 0.4) is 0 Å². The first-order valence-corrected chi connectivity index (χ1v) is 7.22. The Kier molecular flexibility index (Phi) is 6.16. The zero-order valence-electron chi connectivity index (χ0n) is 13.1. The highest BCUT2D eigenvalue weighted by molar-refractivity contribution is 5.69. The van der Waals surface area contributed by atoms with Crippen LogP contribution in [-0.2, 0) is 4.79 Å². The summed E-state index contributed by atoms with van der Waals surface area (Å²) in [4.78, 5) is 15.2. The van der Waals surface area contributed by atoms with Crippen molar-refractivity contribution in [1.82, 2.24) is 4.98 Å². The van der Waals surface area contributed by atoms with E-state index in [1.54, 1.807) is 6.92 Å². The zero-order chi connectivity index (χ0) is 16.0. The molecule has 0 aliphatic rings. The summed E-state index contributed by atoms with van der Waals surface area (Å²) in [5.41, 5.74) is 2.37. The molecule has 0 saturated carbocycles. The Morgan fingerprint density at radius 3 is 2.67 bits per heavy atom. The topological polar surface area (TPSA) is 86.0 Å². The number of aliphatic carboxylic acids is 1. The van der Waals surface area contributed by atoms with E-state index in [0.717, 1.165) is 24.1 Å². The first-order chi connectivity index (χ1) is 9.85. The van der Waals surface area contributed by atoms with Crippen molar-refractivity contribution in [3.05, 3.63) is 22.9 Å². The van der Waals surface area contributed by atoms with Gasteiger partial charge in [0.1, 0.15) is 11.9 Å². The number of rotatable bonds is 7. The predicted molar refractivity (Wildman–Crippen MR) is 82.2 cm³/mol. The van der Waals surface area contributed by atoms with Gasteiger partial charge in [-0.3, -0.25) is 4.79 Å². The van der Waals surface area contributed by atoms with Gasteiger partial charge >= 0.3 is 5.97 Å². The average Bonchev–Trinajstić information content (AvgIpc) is 2.37. The van der Waals surface area contributed by atoms with Crippen LogP contribution in [0.2, 0.25) is 0 Å². The fraction of sp³-hybridized carbons (Fsp3) is 0.562. The van der Waals surface area contributed by atoms with Crippen LogP contribution >= 0.6 is 0 Å². The Labute approximate surface area is 126 Å². The molecule has 5 nitrogen and oxygen atoms in total. The summed E-state index contributed by atoms with van der Waals surface area (Å²) in [5.74, 6) is -0.446. The van der Waals surface area contributed by atoms with Crippen LogP contribution in [0.4, 0.5) is 5.82 Å². The lowest BCUT2D eigenvalue weighted by atomic mass is 10.0. The number of aromatic nitrogens is 1. The van der Waals surface area contributed by atoms with Crippen LogP contribution in [0.15, 0.2) is 6.07 Å². The van der Waals surface area contributed by atoms with E-state index in [1.165, 1.54) is 0 Å². The van der Waals surface area contributed by atoms with Crippen LogP contribution < -0.4 is 5.32 Å². The van der Waals surface area contributed by atoms with Crippen molar-refractivity contribution in [3.8, 4) is 6.07 Å². The third-order valence-electron chi connectivity index (χ3n) is 3.54. The number of aryl methyl sites for hydroxylation is 2. The summed E-state index contributed by atoms with van der Waals surface area (Å²) in [7, 11) is 0. The molecule has 21 heavy (non-hydrogen) atoms. The first-order valence-electron chi connectivity index (χ1n) is 7.22. The van der Waals surface area contributed by atoms with Gasteiger partial charge in [0, 0.05) is 11.7 Å². The van der Waals surface area contributed by atoms with E-state index in [4.69, 9.17) is 5.11 Å². The van der Waals surface area contributed by atoms with Crippen molar-refractivity contribution >= 4 is 11.8 Å². The molecule has 2 unspecified atom stereocenters. The number of carbonyl (C=O) groups is 1. The quantitative estimate of drug-likeness (QED) is 0.804. The van der Waals surface area contributed by atoms with Crippen molar-refractivity contribution in [3.63, 3.8) is 0 Å². The summed E-state index contributed by atoms with van der Waals surface area (Å²) < 4.78 is 0. The molecule has 2 atom stereocenters. The molecule has 114 valence electrons. The molecule has 2 N–H and O–H groups in total. The van der Waals surface area contributed by atoms with E-state index in [-0.39, 0.29) is 12.0 Å². The van der Waals surface area contributed by atoms with Crippen molar-refractivity contribution in [2.24, 2.45) is 5.92 Å². The Morgan fingerprint density at radius 2 is 2.10 bits per heavy atom. The van der Waals surface area contributed by atoms with E-state index >= 15 is 0 Å².